The number of hydrogen-bond acceptors (Lipinski definition) is 5. The van der Waals surface area contributed by atoms with Crippen LogP contribution < -0.4 is 5.32 Å². The normalized spacial score (nSPS) is 10.5. The Balaban J connectivity index is 2.24. The minimum absolute atomic E-state index is 0.0338. The summed E-state index contributed by atoms with van der Waals surface area (Å²) >= 11 is 0. The van der Waals surface area contributed by atoms with Crippen LogP contribution in [0.15, 0.2) is 48.8 Å². The van der Waals surface area contributed by atoms with Crippen molar-refractivity contribution in [2.75, 3.05) is 12.4 Å². The van der Waals surface area contributed by atoms with Crippen LogP contribution >= 0.6 is 0 Å². The average Bonchev–Trinajstić information content (AvgIpc) is 2.53. The number of benzene rings is 1. The average molecular weight is 283 g/mol. The van der Waals surface area contributed by atoms with Gasteiger partial charge in [-0.1, -0.05) is 12.1 Å². The topological polar surface area (TPSA) is 85.1 Å². The Morgan fingerprint density at radius 1 is 1.38 bits per heavy atom. The van der Waals surface area contributed by atoms with Gasteiger partial charge in [-0.3, -0.25) is 19.9 Å². The van der Waals surface area contributed by atoms with E-state index in [-0.39, 0.29) is 11.5 Å². The molecule has 0 aliphatic heterocycles. The second-order valence-electron chi connectivity index (χ2n) is 4.22. The van der Waals surface area contributed by atoms with Crippen molar-refractivity contribution >= 4 is 23.2 Å². The van der Waals surface area contributed by atoms with Gasteiger partial charge in [-0.15, -0.1) is 0 Å². The standard InChI is InChI=1S/C15H13N3O3/c1-16-13-6-4-11(9-14(13)18(20)21)5-7-15(19)12-3-2-8-17-10-12/h2-10,16H,1H3. The van der Waals surface area contributed by atoms with Crippen LogP contribution in [0, 0.1) is 10.1 Å². The van der Waals surface area contributed by atoms with E-state index < -0.39 is 4.92 Å². The van der Waals surface area contributed by atoms with Gasteiger partial charge in [-0.2, -0.15) is 0 Å². The second kappa shape index (κ2) is 6.42. The summed E-state index contributed by atoms with van der Waals surface area (Å²) in [7, 11) is 1.61. The SMILES string of the molecule is CNc1ccc(C=CC(=O)c2cccnc2)cc1[N+](=O)[O-]. The van der Waals surface area contributed by atoms with Gasteiger partial charge in [0.2, 0.25) is 0 Å². The maximum absolute atomic E-state index is 11.9. The van der Waals surface area contributed by atoms with E-state index in [1.165, 1.54) is 18.3 Å². The second-order valence-corrected chi connectivity index (χ2v) is 4.22. The minimum atomic E-state index is -0.466. The zero-order chi connectivity index (χ0) is 15.2. The van der Waals surface area contributed by atoms with Crippen LogP contribution in [0.3, 0.4) is 0 Å². The monoisotopic (exact) mass is 283 g/mol. The van der Waals surface area contributed by atoms with E-state index in [0.29, 0.717) is 16.8 Å². The number of carbonyl (C=O) groups is 1. The van der Waals surface area contributed by atoms with E-state index in [0.717, 1.165) is 0 Å². The number of rotatable bonds is 5. The Kier molecular flexibility index (Phi) is 4.40. The number of hydrogen-bond donors (Lipinski definition) is 1. The molecule has 6 heteroatoms. The number of anilines is 1. The predicted molar refractivity (Wildman–Crippen MR) is 80.2 cm³/mol. The third-order valence-electron chi connectivity index (χ3n) is 2.86. The fourth-order valence-corrected chi connectivity index (χ4v) is 1.79. The summed E-state index contributed by atoms with van der Waals surface area (Å²) in [5.41, 5.74) is 1.44. The molecule has 0 fully saturated rings. The molecule has 0 aliphatic carbocycles. The highest BCUT2D eigenvalue weighted by Crippen LogP contribution is 2.25. The fraction of sp³-hybridized carbons (Fsp3) is 0.0667. The number of pyridine rings is 1. The minimum Gasteiger partial charge on any atom is -0.383 e. The molecular weight excluding hydrogens is 270 g/mol. The summed E-state index contributed by atoms with van der Waals surface area (Å²) in [6, 6.07) is 8.05. The third-order valence-corrected chi connectivity index (χ3v) is 2.86. The van der Waals surface area contributed by atoms with E-state index in [9.17, 15) is 14.9 Å². The molecule has 0 bridgehead atoms. The van der Waals surface area contributed by atoms with E-state index in [1.54, 1.807) is 43.6 Å². The first-order valence-corrected chi connectivity index (χ1v) is 6.20. The van der Waals surface area contributed by atoms with Gasteiger partial charge in [-0.25, -0.2) is 0 Å². The van der Waals surface area contributed by atoms with Gasteiger partial charge in [0.1, 0.15) is 5.69 Å². The molecule has 0 radical (unpaired) electrons. The molecule has 0 saturated carbocycles. The summed E-state index contributed by atoms with van der Waals surface area (Å²) in [4.78, 5) is 26.2. The summed E-state index contributed by atoms with van der Waals surface area (Å²) < 4.78 is 0. The molecule has 2 aromatic rings. The first kappa shape index (κ1) is 14.4. The number of allylic oxidation sites excluding steroid dienone is 1. The molecule has 1 N–H and O–H groups in total. The quantitative estimate of drug-likeness (QED) is 0.394. The van der Waals surface area contributed by atoms with Crippen molar-refractivity contribution in [3.05, 3.63) is 70.0 Å². The van der Waals surface area contributed by atoms with E-state index >= 15 is 0 Å². The lowest BCUT2D eigenvalue weighted by molar-refractivity contribution is -0.383. The first-order chi connectivity index (χ1) is 10.1. The van der Waals surface area contributed by atoms with Crippen molar-refractivity contribution in [1.82, 2.24) is 4.98 Å². The maximum Gasteiger partial charge on any atom is 0.292 e. The predicted octanol–water partition coefficient (Wildman–Crippen LogP) is 2.93. The fourth-order valence-electron chi connectivity index (χ4n) is 1.79. The Hall–Kier alpha value is -3.02. The summed E-state index contributed by atoms with van der Waals surface area (Å²) in [6.07, 6.45) is 5.97. The maximum atomic E-state index is 11.9. The van der Waals surface area contributed by atoms with Crippen molar-refractivity contribution in [3.8, 4) is 0 Å². The lowest BCUT2D eigenvalue weighted by atomic mass is 10.1. The van der Waals surface area contributed by atoms with Gasteiger partial charge in [0.05, 0.1) is 4.92 Å². The van der Waals surface area contributed by atoms with Crippen LogP contribution in [0.1, 0.15) is 15.9 Å². The smallest absolute Gasteiger partial charge is 0.292 e. The molecule has 1 aromatic carbocycles. The Morgan fingerprint density at radius 2 is 2.19 bits per heavy atom. The molecule has 0 amide bonds. The molecule has 0 aliphatic rings. The molecule has 2 rings (SSSR count). The molecular formula is C15H13N3O3. The number of nitrogens with zero attached hydrogens (tertiary/aromatic N) is 2. The highest BCUT2D eigenvalue weighted by molar-refractivity contribution is 6.06. The van der Waals surface area contributed by atoms with Crippen LogP contribution in [0.25, 0.3) is 6.08 Å². The lowest BCUT2D eigenvalue weighted by Crippen LogP contribution is -1.97. The van der Waals surface area contributed by atoms with Gasteiger partial charge < -0.3 is 5.32 Å². The van der Waals surface area contributed by atoms with Gasteiger partial charge in [-0.05, 0) is 29.8 Å². The van der Waals surface area contributed by atoms with E-state index in [2.05, 4.69) is 10.3 Å². The summed E-state index contributed by atoms with van der Waals surface area (Å²) in [6.45, 7) is 0. The van der Waals surface area contributed by atoms with E-state index in [4.69, 9.17) is 0 Å². The van der Waals surface area contributed by atoms with Gasteiger partial charge in [0, 0.05) is 31.1 Å². The van der Waals surface area contributed by atoms with Crippen molar-refractivity contribution in [2.24, 2.45) is 0 Å². The number of nitro groups is 1. The van der Waals surface area contributed by atoms with Crippen molar-refractivity contribution in [1.29, 1.82) is 0 Å². The van der Waals surface area contributed by atoms with Crippen LogP contribution in [0.2, 0.25) is 0 Å². The number of aromatic nitrogens is 1. The lowest BCUT2D eigenvalue weighted by Gasteiger charge is -2.02. The van der Waals surface area contributed by atoms with Gasteiger partial charge >= 0.3 is 0 Å². The van der Waals surface area contributed by atoms with Crippen molar-refractivity contribution in [3.63, 3.8) is 0 Å². The molecule has 0 unspecified atom stereocenters. The molecule has 0 atom stereocenters. The van der Waals surface area contributed by atoms with Gasteiger partial charge in [0.25, 0.3) is 5.69 Å². The first-order valence-electron chi connectivity index (χ1n) is 6.20. The van der Waals surface area contributed by atoms with Crippen LogP contribution in [-0.4, -0.2) is 22.7 Å². The third kappa shape index (κ3) is 3.50. The van der Waals surface area contributed by atoms with Crippen LogP contribution in [-0.2, 0) is 0 Å². The number of ketones is 1. The largest absolute Gasteiger partial charge is 0.383 e. The molecule has 1 heterocycles. The molecule has 106 valence electrons. The van der Waals surface area contributed by atoms with Crippen LogP contribution in [0.4, 0.5) is 11.4 Å². The Labute approximate surface area is 121 Å². The molecule has 0 saturated heterocycles. The van der Waals surface area contributed by atoms with Crippen molar-refractivity contribution < 1.29 is 9.72 Å². The van der Waals surface area contributed by atoms with Crippen molar-refractivity contribution in [2.45, 2.75) is 0 Å². The number of carbonyl (C=O) groups excluding carboxylic acids is 1. The highest BCUT2D eigenvalue weighted by atomic mass is 16.6. The Morgan fingerprint density at radius 3 is 2.81 bits per heavy atom. The number of nitrogens with one attached hydrogen (secondary N) is 1. The van der Waals surface area contributed by atoms with Crippen LogP contribution in [0.5, 0.6) is 0 Å². The van der Waals surface area contributed by atoms with Gasteiger partial charge in [0.15, 0.2) is 5.78 Å². The molecule has 21 heavy (non-hydrogen) atoms. The Bertz CT molecular complexity index is 697. The molecule has 0 spiro atoms. The highest BCUT2D eigenvalue weighted by Gasteiger charge is 2.12. The number of nitro benzene ring substituents is 1. The summed E-state index contributed by atoms with van der Waals surface area (Å²) in [5, 5.41) is 13.7. The zero-order valence-corrected chi connectivity index (χ0v) is 11.3. The summed E-state index contributed by atoms with van der Waals surface area (Å²) in [5.74, 6) is -0.205. The molecule has 1 aromatic heterocycles. The van der Waals surface area contributed by atoms with E-state index in [1.807, 2.05) is 0 Å². The molecule has 6 nitrogen and oxygen atoms in total. The zero-order valence-electron chi connectivity index (χ0n) is 11.3.